The van der Waals surface area contributed by atoms with E-state index in [0.717, 1.165) is 12.8 Å². The number of unbranched alkanes of at least 4 members (excludes halogenated alkanes) is 2. The standard InChI is InChI=1S/C7H12F2O/c1-2-3-4-5-6(10)7(8)9/h7H,2-5H2,1H3. The topological polar surface area (TPSA) is 17.1 Å². The van der Waals surface area contributed by atoms with Crippen molar-refractivity contribution < 1.29 is 13.6 Å². The number of hydrogen-bond donors (Lipinski definition) is 0. The van der Waals surface area contributed by atoms with Crippen LogP contribution in [0.3, 0.4) is 0 Å². The summed E-state index contributed by atoms with van der Waals surface area (Å²) < 4.78 is 23.0. The third-order valence-corrected chi connectivity index (χ3v) is 1.27. The predicted octanol–water partition coefficient (Wildman–Crippen LogP) is 2.40. The lowest BCUT2D eigenvalue weighted by Gasteiger charge is -1.96. The van der Waals surface area contributed by atoms with Gasteiger partial charge in [-0.25, -0.2) is 8.78 Å². The first-order chi connectivity index (χ1) is 4.68. The molecule has 0 fully saturated rings. The zero-order valence-corrected chi connectivity index (χ0v) is 6.07. The molecule has 0 bridgehead atoms. The summed E-state index contributed by atoms with van der Waals surface area (Å²) in [6.45, 7) is 1.97. The summed E-state index contributed by atoms with van der Waals surface area (Å²) in [6.07, 6.45) is -0.322. The minimum absolute atomic E-state index is 0.0332. The second kappa shape index (κ2) is 5.33. The van der Waals surface area contributed by atoms with E-state index in [1.165, 1.54) is 0 Å². The zero-order chi connectivity index (χ0) is 7.98. The van der Waals surface area contributed by atoms with Crippen LogP contribution >= 0.6 is 0 Å². The van der Waals surface area contributed by atoms with E-state index in [-0.39, 0.29) is 6.42 Å². The quantitative estimate of drug-likeness (QED) is 0.550. The molecule has 0 aromatic carbocycles. The summed E-state index contributed by atoms with van der Waals surface area (Å²) in [5.74, 6) is -0.923. The third kappa shape index (κ3) is 4.41. The molecule has 0 N–H and O–H groups in total. The van der Waals surface area contributed by atoms with Gasteiger partial charge in [0.2, 0.25) is 0 Å². The molecule has 0 radical (unpaired) electrons. The number of rotatable bonds is 5. The Morgan fingerprint density at radius 1 is 1.40 bits per heavy atom. The van der Waals surface area contributed by atoms with Crippen molar-refractivity contribution in [3.63, 3.8) is 0 Å². The second-order valence-electron chi connectivity index (χ2n) is 2.22. The molecule has 0 aliphatic carbocycles. The van der Waals surface area contributed by atoms with Crippen molar-refractivity contribution in [2.45, 2.75) is 39.0 Å². The zero-order valence-electron chi connectivity index (χ0n) is 6.07. The van der Waals surface area contributed by atoms with Crippen LogP contribution in [0.2, 0.25) is 0 Å². The average Bonchev–Trinajstić information content (AvgIpc) is 1.88. The molecule has 3 heteroatoms. The van der Waals surface area contributed by atoms with E-state index < -0.39 is 12.2 Å². The van der Waals surface area contributed by atoms with E-state index in [2.05, 4.69) is 0 Å². The number of carbonyl (C=O) groups is 1. The lowest BCUT2D eigenvalue weighted by molar-refractivity contribution is -0.129. The van der Waals surface area contributed by atoms with Crippen molar-refractivity contribution in [2.24, 2.45) is 0 Å². The number of hydrogen-bond acceptors (Lipinski definition) is 1. The van der Waals surface area contributed by atoms with Crippen LogP contribution in [0.5, 0.6) is 0 Å². The van der Waals surface area contributed by atoms with Gasteiger partial charge in [0.05, 0.1) is 0 Å². The Hall–Kier alpha value is -0.470. The van der Waals surface area contributed by atoms with E-state index >= 15 is 0 Å². The van der Waals surface area contributed by atoms with Gasteiger partial charge in [-0.3, -0.25) is 4.79 Å². The van der Waals surface area contributed by atoms with Gasteiger partial charge in [-0.2, -0.15) is 0 Å². The minimum Gasteiger partial charge on any atom is -0.293 e. The summed E-state index contributed by atoms with van der Waals surface area (Å²) in [5.41, 5.74) is 0. The Morgan fingerprint density at radius 2 is 2.00 bits per heavy atom. The second-order valence-corrected chi connectivity index (χ2v) is 2.22. The first-order valence-electron chi connectivity index (χ1n) is 3.49. The van der Waals surface area contributed by atoms with Crippen molar-refractivity contribution in [3.05, 3.63) is 0 Å². The Labute approximate surface area is 59.4 Å². The molecular formula is C7H12F2O. The van der Waals surface area contributed by atoms with Gasteiger partial charge in [0, 0.05) is 6.42 Å². The fraction of sp³-hybridized carbons (Fsp3) is 0.857. The normalized spacial score (nSPS) is 10.4. The van der Waals surface area contributed by atoms with Crippen LogP contribution in [0, 0.1) is 0 Å². The average molecular weight is 150 g/mol. The van der Waals surface area contributed by atoms with Crippen LogP contribution < -0.4 is 0 Å². The fourth-order valence-corrected chi connectivity index (χ4v) is 0.658. The number of ketones is 1. The lowest BCUT2D eigenvalue weighted by Crippen LogP contribution is -2.08. The molecule has 0 rings (SSSR count). The number of carbonyl (C=O) groups excluding carboxylic acids is 1. The number of Topliss-reactive ketones (excluding diaryl/α,β-unsaturated/α-hetero) is 1. The lowest BCUT2D eigenvalue weighted by atomic mass is 10.1. The Bertz CT molecular complexity index is 102. The van der Waals surface area contributed by atoms with E-state index in [1.54, 1.807) is 0 Å². The van der Waals surface area contributed by atoms with Crippen molar-refractivity contribution in [3.8, 4) is 0 Å². The van der Waals surface area contributed by atoms with Gasteiger partial charge in [0.1, 0.15) is 0 Å². The van der Waals surface area contributed by atoms with E-state index in [9.17, 15) is 13.6 Å². The van der Waals surface area contributed by atoms with Gasteiger partial charge < -0.3 is 0 Å². The fourth-order valence-electron chi connectivity index (χ4n) is 0.658. The molecular weight excluding hydrogens is 138 g/mol. The monoisotopic (exact) mass is 150 g/mol. The maximum Gasteiger partial charge on any atom is 0.295 e. The molecule has 0 saturated carbocycles. The maximum absolute atomic E-state index is 11.5. The summed E-state index contributed by atoms with van der Waals surface area (Å²) in [7, 11) is 0. The highest BCUT2D eigenvalue weighted by Crippen LogP contribution is 2.04. The molecule has 0 aromatic rings. The molecule has 0 heterocycles. The molecule has 0 amide bonds. The van der Waals surface area contributed by atoms with Crippen molar-refractivity contribution in [2.75, 3.05) is 0 Å². The number of halogens is 2. The van der Waals surface area contributed by atoms with Crippen LogP contribution in [0.25, 0.3) is 0 Å². The van der Waals surface area contributed by atoms with Crippen LogP contribution in [0.15, 0.2) is 0 Å². The summed E-state index contributed by atoms with van der Waals surface area (Å²) in [5, 5.41) is 0. The first kappa shape index (κ1) is 9.53. The van der Waals surface area contributed by atoms with Gasteiger partial charge in [-0.15, -0.1) is 0 Å². The van der Waals surface area contributed by atoms with Crippen molar-refractivity contribution >= 4 is 5.78 Å². The minimum atomic E-state index is -2.77. The largest absolute Gasteiger partial charge is 0.295 e. The van der Waals surface area contributed by atoms with Crippen molar-refractivity contribution in [1.82, 2.24) is 0 Å². The smallest absolute Gasteiger partial charge is 0.293 e. The summed E-state index contributed by atoms with van der Waals surface area (Å²) in [4.78, 5) is 10.3. The van der Waals surface area contributed by atoms with Crippen LogP contribution in [-0.4, -0.2) is 12.2 Å². The molecule has 0 aromatic heterocycles. The molecule has 1 nitrogen and oxygen atoms in total. The highest BCUT2D eigenvalue weighted by atomic mass is 19.3. The van der Waals surface area contributed by atoms with Crippen LogP contribution in [0.1, 0.15) is 32.6 Å². The third-order valence-electron chi connectivity index (χ3n) is 1.27. The highest BCUT2D eigenvalue weighted by molar-refractivity contribution is 5.81. The van der Waals surface area contributed by atoms with Gasteiger partial charge in [0.15, 0.2) is 5.78 Å². The Morgan fingerprint density at radius 3 is 2.40 bits per heavy atom. The van der Waals surface area contributed by atoms with E-state index in [1.807, 2.05) is 6.92 Å². The highest BCUT2D eigenvalue weighted by Gasteiger charge is 2.13. The molecule has 0 spiro atoms. The summed E-state index contributed by atoms with van der Waals surface area (Å²) in [6, 6.07) is 0. The molecule has 0 atom stereocenters. The first-order valence-corrected chi connectivity index (χ1v) is 3.49. The molecule has 0 aliphatic rings. The summed E-state index contributed by atoms with van der Waals surface area (Å²) >= 11 is 0. The molecule has 60 valence electrons. The van der Waals surface area contributed by atoms with Gasteiger partial charge in [0.25, 0.3) is 6.43 Å². The van der Waals surface area contributed by atoms with Gasteiger partial charge in [-0.1, -0.05) is 19.8 Å². The molecule has 0 aliphatic heterocycles. The molecule has 0 unspecified atom stereocenters. The van der Waals surface area contributed by atoms with Crippen molar-refractivity contribution in [1.29, 1.82) is 0 Å². The van der Waals surface area contributed by atoms with E-state index in [4.69, 9.17) is 0 Å². The van der Waals surface area contributed by atoms with Crippen LogP contribution in [-0.2, 0) is 4.79 Å². The Balaban J connectivity index is 3.22. The number of alkyl halides is 2. The Kier molecular flexibility index (Phi) is 5.08. The predicted molar refractivity (Wildman–Crippen MR) is 35.2 cm³/mol. The molecule has 0 saturated heterocycles. The van der Waals surface area contributed by atoms with Gasteiger partial charge >= 0.3 is 0 Å². The van der Waals surface area contributed by atoms with Gasteiger partial charge in [-0.05, 0) is 6.42 Å². The SMILES string of the molecule is CCCCCC(=O)C(F)F. The van der Waals surface area contributed by atoms with E-state index in [0.29, 0.717) is 6.42 Å². The maximum atomic E-state index is 11.5. The molecule has 10 heavy (non-hydrogen) atoms. The van der Waals surface area contributed by atoms with Crippen LogP contribution in [0.4, 0.5) is 8.78 Å².